The van der Waals surface area contributed by atoms with Gasteiger partial charge in [-0.2, -0.15) is 0 Å². The molecule has 0 atom stereocenters. The first-order valence-electron chi connectivity index (χ1n) is 6.98. The Morgan fingerprint density at radius 3 is 2.85 bits per heavy atom. The van der Waals surface area contributed by atoms with E-state index in [1.807, 2.05) is 36.2 Å². The lowest BCUT2D eigenvalue weighted by molar-refractivity contribution is 0.171. The van der Waals surface area contributed by atoms with E-state index in [1.165, 1.54) is 0 Å². The fraction of sp³-hybridized carbons (Fsp3) is 0.438. The first-order valence-corrected chi connectivity index (χ1v) is 6.98. The Bertz CT molecular complexity index is 524. The fourth-order valence-electron chi connectivity index (χ4n) is 2.39. The maximum absolute atomic E-state index is 12.2. The second kappa shape index (κ2) is 6.97. The zero-order valence-corrected chi connectivity index (χ0v) is 11.9. The van der Waals surface area contributed by atoms with Crippen molar-refractivity contribution < 1.29 is 4.79 Å². The summed E-state index contributed by atoms with van der Waals surface area (Å²) < 4.78 is 0. The predicted molar refractivity (Wildman–Crippen MR) is 80.0 cm³/mol. The summed E-state index contributed by atoms with van der Waals surface area (Å²) in [6, 6.07) is 8.05. The maximum atomic E-state index is 12.2. The van der Waals surface area contributed by atoms with Gasteiger partial charge in [0.2, 0.25) is 0 Å². The van der Waals surface area contributed by atoms with Gasteiger partial charge in [-0.1, -0.05) is 24.0 Å². The average molecular weight is 271 g/mol. The van der Waals surface area contributed by atoms with Gasteiger partial charge in [0.1, 0.15) is 0 Å². The molecule has 0 radical (unpaired) electrons. The van der Waals surface area contributed by atoms with Crippen LogP contribution in [0.5, 0.6) is 0 Å². The Balaban J connectivity index is 1.99. The smallest absolute Gasteiger partial charge is 0.320 e. The van der Waals surface area contributed by atoms with Gasteiger partial charge in [0.25, 0.3) is 0 Å². The Hall–Kier alpha value is -1.99. The van der Waals surface area contributed by atoms with Crippen LogP contribution < -0.4 is 5.73 Å². The van der Waals surface area contributed by atoms with E-state index >= 15 is 0 Å². The van der Waals surface area contributed by atoms with Gasteiger partial charge in [-0.3, -0.25) is 0 Å². The van der Waals surface area contributed by atoms with E-state index in [4.69, 9.17) is 5.73 Å². The molecule has 2 amide bonds. The zero-order valence-electron chi connectivity index (χ0n) is 11.9. The lowest BCUT2D eigenvalue weighted by Gasteiger charge is -2.24. The van der Waals surface area contributed by atoms with Crippen molar-refractivity contribution in [3.8, 4) is 11.8 Å². The molecule has 1 fully saturated rings. The monoisotopic (exact) mass is 271 g/mol. The van der Waals surface area contributed by atoms with Gasteiger partial charge in [0.15, 0.2) is 0 Å². The molecular weight excluding hydrogens is 250 g/mol. The number of carbonyl (C=O) groups excluding carboxylic acids is 1. The van der Waals surface area contributed by atoms with Crippen LogP contribution >= 0.6 is 0 Å². The molecule has 1 heterocycles. The highest BCUT2D eigenvalue weighted by Crippen LogP contribution is 2.12. The summed E-state index contributed by atoms with van der Waals surface area (Å²) in [5.41, 5.74) is 7.40. The molecule has 1 saturated heterocycles. The minimum absolute atomic E-state index is 0.112. The molecule has 1 aromatic rings. The van der Waals surface area contributed by atoms with Gasteiger partial charge in [-0.05, 0) is 30.5 Å². The minimum Gasteiger partial charge on any atom is -0.325 e. The van der Waals surface area contributed by atoms with E-state index < -0.39 is 0 Å². The molecule has 0 spiro atoms. The van der Waals surface area contributed by atoms with Crippen molar-refractivity contribution in [3.63, 3.8) is 0 Å². The number of urea groups is 1. The third kappa shape index (κ3) is 3.75. The average Bonchev–Trinajstić information content (AvgIpc) is 2.98. The molecule has 106 valence electrons. The molecule has 2 rings (SSSR count). The summed E-state index contributed by atoms with van der Waals surface area (Å²) in [6.07, 6.45) is 2.23. The van der Waals surface area contributed by atoms with Crippen LogP contribution in [0.25, 0.3) is 0 Å². The van der Waals surface area contributed by atoms with Crippen LogP contribution in [0.4, 0.5) is 4.79 Å². The number of nitrogens with two attached hydrogens (primary N) is 1. The van der Waals surface area contributed by atoms with Crippen LogP contribution in [0.1, 0.15) is 24.0 Å². The predicted octanol–water partition coefficient (Wildman–Crippen LogP) is 1.64. The molecule has 1 aromatic carbocycles. The SMILES string of the molecule is CN(Cc1cccc(C#CCN)c1)C(=O)N1CCCC1. The van der Waals surface area contributed by atoms with Gasteiger partial charge < -0.3 is 15.5 Å². The molecule has 4 heteroatoms. The maximum Gasteiger partial charge on any atom is 0.320 e. The standard InChI is InChI=1S/C16H21N3O/c1-18(16(20)19-10-2-3-11-19)13-15-7-4-6-14(12-15)8-5-9-17/h4,6-7,12H,2-3,9-11,13,17H2,1H3. The number of rotatable bonds is 2. The van der Waals surface area contributed by atoms with Crippen molar-refractivity contribution in [1.82, 2.24) is 9.80 Å². The quantitative estimate of drug-likeness (QED) is 0.831. The number of hydrogen-bond acceptors (Lipinski definition) is 2. The number of benzene rings is 1. The molecule has 4 nitrogen and oxygen atoms in total. The number of nitrogens with zero attached hydrogens (tertiary/aromatic N) is 2. The molecular formula is C16H21N3O. The van der Waals surface area contributed by atoms with Gasteiger partial charge in [-0.25, -0.2) is 4.79 Å². The molecule has 1 aliphatic rings. The van der Waals surface area contributed by atoms with Crippen LogP contribution in [-0.2, 0) is 6.54 Å². The second-order valence-corrected chi connectivity index (χ2v) is 5.04. The third-order valence-electron chi connectivity index (χ3n) is 3.38. The van der Waals surface area contributed by atoms with Crippen LogP contribution in [0.3, 0.4) is 0 Å². The Labute approximate surface area is 120 Å². The van der Waals surface area contributed by atoms with Crippen LogP contribution in [0.15, 0.2) is 24.3 Å². The van der Waals surface area contributed by atoms with E-state index in [1.54, 1.807) is 4.90 Å². The summed E-state index contributed by atoms with van der Waals surface area (Å²) in [5.74, 6) is 5.86. The fourth-order valence-corrected chi connectivity index (χ4v) is 2.39. The summed E-state index contributed by atoms with van der Waals surface area (Å²) in [5, 5.41) is 0. The molecule has 0 aliphatic carbocycles. The number of hydrogen-bond donors (Lipinski definition) is 1. The van der Waals surface area contributed by atoms with E-state index in [9.17, 15) is 4.79 Å². The van der Waals surface area contributed by atoms with Crippen molar-refractivity contribution in [1.29, 1.82) is 0 Å². The van der Waals surface area contributed by atoms with Crippen molar-refractivity contribution in [2.75, 3.05) is 26.7 Å². The molecule has 0 bridgehead atoms. The van der Waals surface area contributed by atoms with Crippen LogP contribution in [0.2, 0.25) is 0 Å². The first-order chi connectivity index (χ1) is 9.70. The first kappa shape index (κ1) is 14.4. The highest BCUT2D eigenvalue weighted by Gasteiger charge is 2.21. The minimum atomic E-state index is 0.112. The van der Waals surface area contributed by atoms with Crippen molar-refractivity contribution in [2.45, 2.75) is 19.4 Å². The lowest BCUT2D eigenvalue weighted by Crippen LogP contribution is -2.38. The molecule has 0 saturated carbocycles. The van der Waals surface area contributed by atoms with Crippen molar-refractivity contribution in [3.05, 3.63) is 35.4 Å². The summed E-state index contributed by atoms with van der Waals surface area (Å²) in [7, 11) is 1.85. The molecule has 1 aliphatic heterocycles. The van der Waals surface area contributed by atoms with Gasteiger partial charge >= 0.3 is 6.03 Å². The third-order valence-corrected chi connectivity index (χ3v) is 3.38. The van der Waals surface area contributed by atoms with Gasteiger partial charge in [-0.15, -0.1) is 0 Å². The summed E-state index contributed by atoms with van der Waals surface area (Å²) in [6.45, 7) is 2.72. The van der Waals surface area contributed by atoms with Crippen molar-refractivity contribution in [2.24, 2.45) is 5.73 Å². The largest absolute Gasteiger partial charge is 0.325 e. The second-order valence-electron chi connectivity index (χ2n) is 5.04. The van der Waals surface area contributed by atoms with E-state index in [-0.39, 0.29) is 6.03 Å². The summed E-state index contributed by atoms with van der Waals surface area (Å²) in [4.78, 5) is 15.9. The molecule has 0 aromatic heterocycles. The van der Waals surface area contributed by atoms with Gasteiger partial charge in [0, 0.05) is 32.2 Å². The van der Waals surface area contributed by atoms with Crippen LogP contribution in [0, 0.1) is 11.8 Å². The highest BCUT2D eigenvalue weighted by molar-refractivity contribution is 5.74. The molecule has 0 unspecified atom stereocenters. The van der Waals surface area contributed by atoms with E-state index in [0.717, 1.165) is 37.1 Å². The summed E-state index contributed by atoms with van der Waals surface area (Å²) >= 11 is 0. The Kier molecular flexibility index (Phi) is 5.03. The number of carbonyl (C=O) groups is 1. The van der Waals surface area contributed by atoms with Gasteiger partial charge in [0.05, 0.1) is 6.54 Å². The van der Waals surface area contributed by atoms with E-state index in [2.05, 4.69) is 11.8 Å². The highest BCUT2D eigenvalue weighted by atomic mass is 16.2. The Morgan fingerprint density at radius 1 is 1.40 bits per heavy atom. The lowest BCUT2D eigenvalue weighted by atomic mass is 10.1. The van der Waals surface area contributed by atoms with E-state index in [0.29, 0.717) is 13.1 Å². The molecule has 20 heavy (non-hydrogen) atoms. The topological polar surface area (TPSA) is 49.6 Å². The molecule has 2 N–H and O–H groups in total. The Morgan fingerprint density at radius 2 is 2.15 bits per heavy atom. The number of likely N-dealkylation sites (tertiary alicyclic amines) is 1. The number of amides is 2. The normalized spacial score (nSPS) is 13.8. The van der Waals surface area contributed by atoms with Crippen molar-refractivity contribution >= 4 is 6.03 Å². The zero-order chi connectivity index (χ0) is 14.4. The van der Waals surface area contributed by atoms with Crippen LogP contribution in [-0.4, -0.2) is 42.5 Å².